The van der Waals surface area contributed by atoms with E-state index in [1.165, 1.54) is 6.26 Å². The molecule has 2 aromatic rings. The summed E-state index contributed by atoms with van der Waals surface area (Å²) in [6.45, 7) is 0. The molecule has 0 radical (unpaired) electrons. The van der Waals surface area contributed by atoms with E-state index < -0.39 is 5.91 Å². The van der Waals surface area contributed by atoms with Gasteiger partial charge in [0.05, 0.1) is 10.7 Å². The number of rotatable bonds is 1. The van der Waals surface area contributed by atoms with Crippen LogP contribution in [0.1, 0.15) is 10.4 Å². The van der Waals surface area contributed by atoms with Crippen LogP contribution < -0.4 is 0 Å². The van der Waals surface area contributed by atoms with Crippen LogP contribution in [0.3, 0.4) is 0 Å². The molecule has 0 bridgehead atoms. The monoisotopic (exact) mass is 265 g/mol. The number of fused-ring (bicyclic) bond motifs is 1. The van der Waals surface area contributed by atoms with Crippen LogP contribution in [0.4, 0.5) is 0 Å². The number of carbonyl (C=O) groups excluding carboxylic acids is 1. The summed E-state index contributed by atoms with van der Waals surface area (Å²) < 4.78 is 5.84. The van der Waals surface area contributed by atoms with Gasteiger partial charge in [0.2, 0.25) is 5.91 Å². The van der Waals surface area contributed by atoms with Gasteiger partial charge in [-0.05, 0) is 44.8 Å². The largest absolute Gasteiger partial charge is 0.463 e. The van der Waals surface area contributed by atoms with Crippen LogP contribution in [0.15, 0.2) is 38.5 Å². The second kappa shape index (κ2) is 3.76. The SMILES string of the molecule is [N-]=[N+]=NC(=O)c1cc(Br)c2occc2c1. The number of azide groups is 1. The Kier molecular flexibility index (Phi) is 2.45. The van der Waals surface area contributed by atoms with E-state index in [1.54, 1.807) is 18.2 Å². The molecule has 1 aromatic heterocycles. The third kappa shape index (κ3) is 1.72. The highest BCUT2D eigenvalue weighted by Crippen LogP contribution is 2.26. The Morgan fingerprint density at radius 3 is 3.07 bits per heavy atom. The van der Waals surface area contributed by atoms with Gasteiger partial charge in [0, 0.05) is 15.9 Å². The Balaban J connectivity index is 2.63. The van der Waals surface area contributed by atoms with Gasteiger partial charge in [-0.25, -0.2) is 0 Å². The van der Waals surface area contributed by atoms with Gasteiger partial charge in [-0.3, -0.25) is 4.79 Å². The zero-order chi connectivity index (χ0) is 10.8. The zero-order valence-corrected chi connectivity index (χ0v) is 8.93. The fraction of sp³-hybridized carbons (Fsp3) is 0. The van der Waals surface area contributed by atoms with Crippen molar-refractivity contribution < 1.29 is 9.21 Å². The number of halogens is 1. The molecule has 6 heteroatoms. The first kappa shape index (κ1) is 9.76. The van der Waals surface area contributed by atoms with Crippen LogP contribution in [0.25, 0.3) is 21.4 Å². The smallest absolute Gasteiger partial charge is 0.249 e. The Labute approximate surface area is 92.4 Å². The lowest BCUT2D eigenvalue weighted by Gasteiger charge is -1.97. The number of hydrogen-bond donors (Lipinski definition) is 0. The van der Waals surface area contributed by atoms with Gasteiger partial charge in [0.1, 0.15) is 5.58 Å². The third-order valence-corrected chi connectivity index (χ3v) is 2.48. The predicted molar refractivity (Wildman–Crippen MR) is 57.4 cm³/mol. The number of hydrogen-bond acceptors (Lipinski definition) is 2. The molecule has 0 fully saturated rings. The van der Waals surface area contributed by atoms with Crippen molar-refractivity contribution in [3.05, 3.63) is 44.9 Å². The highest BCUT2D eigenvalue weighted by atomic mass is 79.9. The van der Waals surface area contributed by atoms with Gasteiger partial charge in [-0.1, -0.05) is 0 Å². The molecule has 0 N–H and O–H groups in total. The topological polar surface area (TPSA) is 79.0 Å². The molecule has 0 saturated heterocycles. The normalized spacial score (nSPS) is 9.93. The summed E-state index contributed by atoms with van der Waals surface area (Å²) in [6.07, 6.45) is 1.53. The molecule has 1 amide bonds. The average Bonchev–Trinajstić information content (AvgIpc) is 2.66. The Morgan fingerprint density at radius 1 is 1.53 bits per heavy atom. The summed E-state index contributed by atoms with van der Waals surface area (Å²) in [5.74, 6) is -0.610. The molecule has 2 rings (SSSR count). The van der Waals surface area contributed by atoms with Crippen molar-refractivity contribution in [3.63, 3.8) is 0 Å². The summed E-state index contributed by atoms with van der Waals surface area (Å²) >= 11 is 3.27. The van der Waals surface area contributed by atoms with Crippen molar-refractivity contribution in [1.82, 2.24) is 0 Å². The molecule has 15 heavy (non-hydrogen) atoms. The number of amides is 1. The van der Waals surface area contributed by atoms with Gasteiger partial charge >= 0.3 is 0 Å². The second-order valence-electron chi connectivity index (χ2n) is 2.79. The first-order valence-corrected chi connectivity index (χ1v) is 4.78. The lowest BCUT2D eigenvalue weighted by Crippen LogP contribution is -1.92. The number of nitrogens with zero attached hydrogens (tertiary/aromatic N) is 3. The van der Waals surface area contributed by atoms with E-state index in [9.17, 15) is 4.79 Å². The second-order valence-corrected chi connectivity index (χ2v) is 3.65. The van der Waals surface area contributed by atoms with Crippen LogP contribution in [-0.4, -0.2) is 5.91 Å². The molecular weight excluding hydrogens is 262 g/mol. The zero-order valence-electron chi connectivity index (χ0n) is 7.35. The van der Waals surface area contributed by atoms with Crippen molar-refractivity contribution in [3.8, 4) is 0 Å². The van der Waals surface area contributed by atoms with Crippen LogP contribution in [0.5, 0.6) is 0 Å². The van der Waals surface area contributed by atoms with E-state index in [2.05, 4.69) is 26.0 Å². The molecule has 0 spiro atoms. The number of benzene rings is 1. The minimum Gasteiger partial charge on any atom is -0.463 e. The summed E-state index contributed by atoms with van der Waals surface area (Å²) in [5, 5.41) is 3.80. The quantitative estimate of drug-likeness (QED) is 0.448. The minimum absolute atomic E-state index is 0.327. The van der Waals surface area contributed by atoms with Crippen molar-refractivity contribution in [2.75, 3.05) is 0 Å². The lowest BCUT2D eigenvalue weighted by atomic mass is 10.1. The van der Waals surface area contributed by atoms with Gasteiger partial charge in [-0.15, -0.1) is 0 Å². The molecule has 0 aliphatic heterocycles. The first-order chi connectivity index (χ1) is 7.22. The van der Waals surface area contributed by atoms with E-state index in [0.717, 1.165) is 5.39 Å². The van der Waals surface area contributed by atoms with Crippen molar-refractivity contribution in [2.45, 2.75) is 0 Å². The summed E-state index contributed by atoms with van der Waals surface area (Å²) in [7, 11) is 0. The van der Waals surface area contributed by atoms with Crippen LogP contribution in [0.2, 0.25) is 0 Å². The lowest BCUT2D eigenvalue weighted by molar-refractivity contribution is 0.100. The molecule has 1 aromatic carbocycles. The maximum atomic E-state index is 11.3. The highest BCUT2D eigenvalue weighted by Gasteiger charge is 2.09. The molecule has 0 aliphatic rings. The van der Waals surface area contributed by atoms with Crippen LogP contribution in [-0.2, 0) is 0 Å². The maximum Gasteiger partial charge on any atom is 0.249 e. The van der Waals surface area contributed by atoms with E-state index in [0.29, 0.717) is 15.6 Å². The molecular formula is C9H4BrN3O2. The molecule has 0 atom stereocenters. The van der Waals surface area contributed by atoms with E-state index in [1.807, 2.05) is 0 Å². The van der Waals surface area contributed by atoms with Gasteiger partial charge in [0.25, 0.3) is 0 Å². The third-order valence-electron chi connectivity index (χ3n) is 1.89. The molecule has 0 unspecified atom stereocenters. The Hall–Kier alpha value is -1.78. The summed E-state index contributed by atoms with van der Waals surface area (Å²) in [6, 6.07) is 4.90. The van der Waals surface area contributed by atoms with Crippen molar-refractivity contribution in [2.24, 2.45) is 5.11 Å². The summed E-state index contributed by atoms with van der Waals surface area (Å²) in [5.41, 5.74) is 9.13. The Morgan fingerprint density at radius 2 is 2.33 bits per heavy atom. The van der Waals surface area contributed by atoms with Crippen LogP contribution in [0, 0.1) is 0 Å². The minimum atomic E-state index is -0.610. The predicted octanol–water partition coefficient (Wildman–Crippen LogP) is 3.65. The molecule has 5 nitrogen and oxygen atoms in total. The van der Waals surface area contributed by atoms with E-state index >= 15 is 0 Å². The van der Waals surface area contributed by atoms with E-state index in [-0.39, 0.29) is 0 Å². The van der Waals surface area contributed by atoms with Gasteiger partial charge in [0.15, 0.2) is 0 Å². The molecule has 1 heterocycles. The highest BCUT2D eigenvalue weighted by molar-refractivity contribution is 9.10. The van der Waals surface area contributed by atoms with Gasteiger partial charge in [-0.2, -0.15) is 0 Å². The number of furan rings is 1. The standard InChI is InChI=1S/C9H4BrN3O2/c10-7-4-6(9(14)12-13-11)3-5-1-2-15-8(5)7/h1-4H. The average molecular weight is 266 g/mol. The molecule has 0 saturated carbocycles. The molecule has 0 aliphatic carbocycles. The van der Waals surface area contributed by atoms with E-state index in [4.69, 9.17) is 9.95 Å². The van der Waals surface area contributed by atoms with Crippen molar-refractivity contribution >= 4 is 32.8 Å². The number of carbonyl (C=O) groups is 1. The fourth-order valence-electron chi connectivity index (χ4n) is 1.26. The Bertz CT molecular complexity index is 584. The first-order valence-electron chi connectivity index (χ1n) is 3.98. The van der Waals surface area contributed by atoms with Gasteiger partial charge < -0.3 is 4.42 Å². The van der Waals surface area contributed by atoms with Crippen LogP contribution >= 0.6 is 15.9 Å². The maximum absolute atomic E-state index is 11.3. The van der Waals surface area contributed by atoms with Crippen molar-refractivity contribution in [1.29, 1.82) is 0 Å². The molecule has 74 valence electrons. The summed E-state index contributed by atoms with van der Waals surface area (Å²) in [4.78, 5) is 13.7. The fourth-order valence-corrected chi connectivity index (χ4v) is 1.83.